The van der Waals surface area contributed by atoms with Crippen molar-refractivity contribution in [2.75, 3.05) is 0 Å². The monoisotopic (exact) mass is 1940 g/mol. The predicted molar refractivity (Wildman–Crippen MR) is 621 cm³/mol. The van der Waals surface area contributed by atoms with Gasteiger partial charge in [0.2, 0.25) is 0 Å². The fourth-order valence-electron chi connectivity index (χ4n) is 20.4. The molecule has 0 saturated carbocycles. The van der Waals surface area contributed by atoms with Gasteiger partial charge in [0.15, 0.2) is 52.4 Å². The molecule has 0 amide bonds. The van der Waals surface area contributed by atoms with Crippen LogP contribution >= 0.6 is 22.7 Å². The smallest absolute Gasteiger partial charge is 0.164 e. The fourth-order valence-corrected chi connectivity index (χ4v) is 22.8. The highest BCUT2D eigenvalue weighted by molar-refractivity contribution is 7.26. The zero-order valence-electron chi connectivity index (χ0n) is 81.6. The summed E-state index contributed by atoms with van der Waals surface area (Å²) >= 11 is 3.73. The largest absolute Gasteiger partial charge is 0.208 e. The molecule has 0 radical (unpaired) electrons. The van der Waals surface area contributed by atoms with Crippen LogP contribution in [0.4, 0.5) is 0 Å². The van der Waals surface area contributed by atoms with Crippen LogP contribution in [-0.2, 0) is 5.41 Å². The molecule has 11 heteroatoms. The third-order valence-electron chi connectivity index (χ3n) is 28.0. The zero-order chi connectivity index (χ0) is 99.5. The molecule has 0 saturated heterocycles. The van der Waals surface area contributed by atoms with E-state index in [4.69, 9.17) is 44.9 Å². The van der Waals surface area contributed by atoms with Gasteiger partial charge in [-0.1, -0.05) is 463 Å². The van der Waals surface area contributed by atoms with Crippen LogP contribution in [0.3, 0.4) is 0 Å². The average Bonchev–Trinajstić information content (AvgIpc) is 1.57. The lowest BCUT2D eigenvalue weighted by Gasteiger charge is -2.22. The van der Waals surface area contributed by atoms with Gasteiger partial charge >= 0.3 is 0 Å². The van der Waals surface area contributed by atoms with Gasteiger partial charge in [-0.25, -0.2) is 44.9 Å². The minimum absolute atomic E-state index is 0.0982. The maximum Gasteiger partial charge on any atom is 0.164 e. The van der Waals surface area contributed by atoms with Gasteiger partial charge in [0.05, 0.1) is 0 Å². The number of hydrogen-bond acceptors (Lipinski definition) is 11. The molecule has 0 N–H and O–H groups in total. The van der Waals surface area contributed by atoms with Crippen LogP contribution in [0.25, 0.3) is 254 Å². The van der Waals surface area contributed by atoms with Crippen LogP contribution in [-0.4, -0.2) is 44.9 Å². The first kappa shape index (κ1) is 91.3. The first-order valence-corrected chi connectivity index (χ1v) is 51.8. The van der Waals surface area contributed by atoms with E-state index in [9.17, 15) is 0 Å². The quantitative estimate of drug-likeness (QED) is 0.0828. The van der Waals surface area contributed by atoms with E-state index in [0.717, 1.165) is 100 Å². The summed E-state index contributed by atoms with van der Waals surface area (Å²) in [7, 11) is 0. The van der Waals surface area contributed by atoms with Crippen molar-refractivity contribution in [3.63, 3.8) is 0 Å². The van der Waals surface area contributed by atoms with Crippen LogP contribution in [0.2, 0.25) is 0 Å². The van der Waals surface area contributed by atoms with E-state index in [-0.39, 0.29) is 5.41 Å². The lowest BCUT2D eigenvalue weighted by Crippen LogP contribution is -2.14. The lowest BCUT2D eigenvalue weighted by molar-refractivity contribution is 0.660. The molecular weight excluding hydrogens is 1850 g/mol. The van der Waals surface area contributed by atoms with Gasteiger partial charge in [-0.05, 0) is 201 Å². The summed E-state index contributed by atoms with van der Waals surface area (Å²) in [6.45, 7) is 4.66. The van der Waals surface area contributed by atoms with Crippen molar-refractivity contribution in [3.8, 4) is 214 Å². The third kappa shape index (κ3) is 18.8. The Hall–Kier alpha value is -18.9. The molecule has 9 nitrogen and oxygen atoms in total. The normalized spacial score (nSPS) is 11.7. The van der Waals surface area contributed by atoms with E-state index in [1.807, 2.05) is 211 Å². The van der Waals surface area contributed by atoms with Crippen molar-refractivity contribution >= 4 is 63.0 Å². The third-order valence-corrected chi connectivity index (χ3v) is 30.4. The summed E-state index contributed by atoms with van der Waals surface area (Å²) in [4.78, 5) is 45.1. The highest BCUT2D eigenvalue weighted by Crippen LogP contribution is 2.52. The van der Waals surface area contributed by atoms with Gasteiger partial charge in [0.25, 0.3) is 0 Å². The molecule has 149 heavy (non-hydrogen) atoms. The molecule has 0 atom stereocenters. The topological polar surface area (TPSA) is 116 Å². The van der Waals surface area contributed by atoms with Crippen molar-refractivity contribution < 1.29 is 0 Å². The average molecular weight is 1940 g/mol. The minimum Gasteiger partial charge on any atom is -0.208 e. The van der Waals surface area contributed by atoms with Gasteiger partial charge < -0.3 is 0 Å². The van der Waals surface area contributed by atoms with Gasteiger partial charge in [-0.15, -0.1) is 22.7 Å². The van der Waals surface area contributed by atoms with Crippen LogP contribution in [0.5, 0.6) is 0 Å². The van der Waals surface area contributed by atoms with Crippen molar-refractivity contribution in [2.45, 2.75) is 19.3 Å². The van der Waals surface area contributed by atoms with E-state index in [1.165, 1.54) is 113 Å². The highest BCUT2D eigenvalue weighted by Gasteiger charge is 2.36. The summed E-state index contributed by atoms with van der Waals surface area (Å²) in [5.74, 6) is 5.82. The standard InChI is InChI=1S/C48H35N3.2C45H29N3S/c1-48(2)43-21-13-12-20-41(43)42-27-26-37(31-44(42)48)39-28-38(34-24-22-33(23-25-34)32-14-6-3-7-15-32)29-40(30-39)47-50-45(35-16-8-4-9-17-35)49-46(51-47)36-18-10-5-11-19-36;1-4-14-30(15-5-1)35-27-36(29-37(28-35)38-23-13-24-40-39-22-10-11-25-41(39)49-42(38)40)33-20-12-21-34(26-33)45-47-43(31-16-6-2-7-17-31)46-44(48-45)32-18-8-3-9-19-32;1-4-13-30(14-5-1)35-27-36(31-23-25-32(26-24-31)38-20-12-21-40-39-19-10-11-22-41(39)49-42(38)40)29-37(28-35)45-47-43(33-15-6-2-7-16-33)46-44(48-45)34-17-8-3-9-18-34/h3-31H,1-2H3;2*1-29H. The van der Waals surface area contributed by atoms with E-state index in [2.05, 4.69) is 354 Å². The molecule has 5 aromatic heterocycles. The molecular formula is C138H93N9S2. The maximum absolute atomic E-state index is 5.11. The van der Waals surface area contributed by atoms with Crippen LogP contribution < -0.4 is 0 Å². The second-order valence-corrected chi connectivity index (χ2v) is 39.9. The lowest BCUT2D eigenvalue weighted by atomic mass is 9.81. The first-order valence-electron chi connectivity index (χ1n) is 50.2. The molecule has 21 aromatic carbocycles. The molecule has 0 aliphatic heterocycles. The molecule has 27 rings (SSSR count). The number of benzene rings is 21. The van der Waals surface area contributed by atoms with Crippen molar-refractivity contribution in [1.29, 1.82) is 0 Å². The Bertz CT molecular complexity index is 9250. The molecule has 5 heterocycles. The van der Waals surface area contributed by atoms with Crippen LogP contribution in [0.1, 0.15) is 25.0 Å². The van der Waals surface area contributed by atoms with Crippen LogP contribution in [0.15, 0.2) is 528 Å². The number of thiophene rings is 2. The molecule has 0 spiro atoms. The number of hydrogen-bond donors (Lipinski definition) is 0. The summed E-state index contributed by atoms with van der Waals surface area (Å²) in [6, 6.07) is 186. The minimum atomic E-state index is -0.0982. The van der Waals surface area contributed by atoms with Gasteiger partial charge in [-0.2, -0.15) is 0 Å². The molecule has 0 unspecified atom stereocenters. The zero-order valence-corrected chi connectivity index (χ0v) is 83.2. The van der Waals surface area contributed by atoms with Gasteiger partial charge in [-0.3, -0.25) is 0 Å². The Balaban J connectivity index is 0.000000116. The summed E-state index contributed by atoms with van der Waals surface area (Å²) in [6.07, 6.45) is 0. The Morgan fingerprint density at radius 3 is 0.725 bits per heavy atom. The molecule has 0 fully saturated rings. The Morgan fingerprint density at radius 2 is 0.349 bits per heavy atom. The number of aromatic nitrogens is 9. The van der Waals surface area contributed by atoms with Crippen molar-refractivity contribution in [1.82, 2.24) is 44.9 Å². The molecule has 1 aliphatic carbocycles. The van der Waals surface area contributed by atoms with Gasteiger partial charge in [0, 0.05) is 95.8 Å². The summed E-state index contributed by atoms with van der Waals surface area (Å²) in [5, 5.41) is 5.23. The molecule has 26 aromatic rings. The summed E-state index contributed by atoms with van der Waals surface area (Å²) in [5.41, 5.74) is 34.7. The molecule has 0 bridgehead atoms. The van der Waals surface area contributed by atoms with E-state index < -0.39 is 0 Å². The highest BCUT2D eigenvalue weighted by atomic mass is 32.1. The summed E-state index contributed by atoms with van der Waals surface area (Å²) < 4.78 is 5.25. The van der Waals surface area contributed by atoms with Crippen molar-refractivity contribution in [2.24, 2.45) is 0 Å². The maximum atomic E-state index is 5.11. The van der Waals surface area contributed by atoms with E-state index in [1.54, 1.807) is 0 Å². The SMILES string of the molecule is CC1(C)c2ccccc2-c2ccc(-c3cc(-c4ccc(-c5ccccc5)cc4)cc(-c4nc(-c5ccccc5)nc(-c5ccccc5)n4)c3)cc21.c1ccc(-c2cc(-c3ccc(-c4cccc5c4sc4ccccc45)cc3)cc(-c3nc(-c4ccccc4)nc(-c4ccccc4)n3)c2)cc1.c1ccc(-c2cc(-c3cccc(-c4nc(-c5ccccc5)nc(-c5ccccc5)n4)c3)cc(-c3cccc4c3sc3ccccc34)c2)cc1. The Kier molecular flexibility index (Phi) is 24.7. The second kappa shape index (κ2) is 40.4. The number of nitrogens with zero attached hydrogens (tertiary/aromatic N) is 9. The van der Waals surface area contributed by atoms with E-state index in [0.29, 0.717) is 52.4 Å². The van der Waals surface area contributed by atoms with E-state index >= 15 is 0 Å². The fraction of sp³-hybridized carbons (Fsp3) is 0.0217. The van der Waals surface area contributed by atoms with Gasteiger partial charge in [0.1, 0.15) is 0 Å². The van der Waals surface area contributed by atoms with Crippen molar-refractivity contribution in [3.05, 3.63) is 539 Å². The molecule has 702 valence electrons. The Labute approximate surface area is 873 Å². The Morgan fingerprint density at radius 1 is 0.134 bits per heavy atom. The first-order chi connectivity index (χ1) is 73.5. The number of rotatable bonds is 18. The van der Waals surface area contributed by atoms with Crippen LogP contribution in [0, 0.1) is 0 Å². The number of fused-ring (bicyclic) bond motifs is 9. The second-order valence-electron chi connectivity index (χ2n) is 37.8. The molecule has 1 aliphatic rings. The predicted octanol–water partition coefficient (Wildman–Crippen LogP) is 36.7.